The van der Waals surface area contributed by atoms with Gasteiger partial charge in [-0.05, 0) is 27.8 Å². The van der Waals surface area contributed by atoms with Crippen molar-refractivity contribution >= 4 is 18.0 Å². The van der Waals surface area contributed by atoms with Crippen molar-refractivity contribution in [3.05, 3.63) is 0 Å². The van der Waals surface area contributed by atoms with Gasteiger partial charge < -0.3 is 25.0 Å². The van der Waals surface area contributed by atoms with Gasteiger partial charge in [0.15, 0.2) is 0 Å². The highest BCUT2D eigenvalue weighted by Crippen LogP contribution is 2.08. The lowest BCUT2D eigenvalue weighted by Gasteiger charge is -2.33. The number of ether oxygens (including phenoxy) is 1. The molecule has 0 aromatic heterocycles. The van der Waals surface area contributed by atoms with Crippen LogP contribution in [0.3, 0.4) is 0 Å². The second-order valence-corrected chi connectivity index (χ2v) is 6.43. The minimum absolute atomic E-state index is 0.279. The van der Waals surface area contributed by atoms with Crippen LogP contribution >= 0.6 is 0 Å². The van der Waals surface area contributed by atoms with E-state index in [0.717, 1.165) is 13.1 Å². The third-order valence-electron chi connectivity index (χ3n) is 3.22. The van der Waals surface area contributed by atoms with Crippen LogP contribution in [0.25, 0.3) is 0 Å². The number of carboxylic acids is 1. The number of carbonyl (C=O) groups excluding carboxylic acids is 2. The summed E-state index contributed by atoms with van der Waals surface area (Å²) < 4.78 is 5.01. The van der Waals surface area contributed by atoms with Crippen LogP contribution < -0.4 is 5.32 Å². The zero-order valence-electron chi connectivity index (χ0n) is 13.6. The van der Waals surface area contributed by atoms with E-state index in [1.807, 2.05) is 7.05 Å². The molecule has 2 amide bonds. The predicted molar refractivity (Wildman–Crippen MR) is 79.5 cm³/mol. The quantitative estimate of drug-likeness (QED) is 0.765. The monoisotopic (exact) mass is 315 g/mol. The average Bonchev–Trinajstić information content (AvgIpc) is 2.36. The van der Waals surface area contributed by atoms with Crippen molar-refractivity contribution < 1.29 is 24.2 Å². The molecule has 0 bridgehead atoms. The van der Waals surface area contributed by atoms with Crippen molar-refractivity contribution in [1.82, 2.24) is 15.1 Å². The zero-order valence-corrected chi connectivity index (χ0v) is 13.6. The van der Waals surface area contributed by atoms with Gasteiger partial charge in [-0.15, -0.1) is 0 Å². The summed E-state index contributed by atoms with van der Waals surface area (Å²) in [6, 6.07) is -1.29. The van der Waals surface area contributed by atoms with Gasteiger partial charge in [-0.1, -0.05) is 0 Å². The molecule has 0 aromatic carbocycles. The molecule has 22 heavy (non-hydrogen) atoms. The van der Waals surface area contributed by atoms with Crippen LogP contribution in [-0.4, -0.2) is 77.7 Å². The molecule has 1 heterocycles. The summed E-state index contributed by atoms with van der Waals surface area (Å²) in [7, 11) is 1.96. The number of rotatable bonds is 4. The minimum Gasteiger partial charge on any atom is -0.480 e. The summed E-state index contributed by atoms with van der Waals surface area (Å²) in [4.78, 5) is 38.7. The molecule has 126 valence electrons. The van der Waals surface area contributed by atoms with Crippen molar-refractivity contribution in [1.29, 1.82) is 0 Å². The fourth-order valence-corrected chi connectivity index (χ4v) is 2.01. The summed E-state index contributed by atoms with van der Waals surface area (Å²) in [6.45, 7) is 7.67. The molecule has 0 unspecified atom stereocenters. The van der Waals surface area contributed by atoms with E-state index in [2.05, 4.69) is 10.2 Å². The van der Waals surface area contributed by atoms with Crippen LogP contribution in [0.5, 0.6) is 0 Å². The molecule has 1 rings (SSSR count). The molecule has 1 aliphatic heterocycles. The number of alkyl carbamates (subject to hydrolysis) is 1. The SMILES string of the molecule is CN1CCN(C(=O)C[C@H](NC(=O)OC(C)(C)C)C(=O)O)CC1. The maximum absolute atomic E-state index is 12.1. The Labute approximate surface area is 130 Å². The standard InChI is InChI=1S/C14H25N3O5/c1-14(2,3)22-13(21)15-10(12(19)20)9-11(18)17-7-5-16(4)6-8-17/h10H,5-9H2,1-4H3,(H,15,21)(H,19,20)/t10-/m0/s1. The normalized spacial score (nSPS) is 17.7. The molecule has 0 aromatic rings. The Morgan fingerprint density at radius 1 is 1.18 bits per heavy atom. The van der Waals surface area contributed by atoms with E-state index >= 15 is 0 Å². The molecule has 1 fully saturated rings. The maximum Gasteiger partial charge on any atom is 0.408 e. The lowest BCUT2D eigenvalue weighted by molar-refractivity contribution is -0.144. The summed E-state index contributed by atoms with van der Waals surface area (Å²) in [5.41, 5.74) is -0.728. The highest BCUT2D eigenvalue weighted by atomic mass is 16.6. The first-order valence-corrected chi connectivity index (χ1v) is 7.27. The topological polar surface area (TPSA) is 99.2 Å². The molecule has 0 aliphatic carbocycles. The number of likely N-dealkylation sites (N-methyl/N-ethyl adjacent to an activating group) is 1. The number of nitrogens with zero attached hydrogens (tertiary/aromatic N) is 2. The van der Waals surface area contributed by atoms with Gasteiger partial charge in [-0.2, -0.15) is 0 Å². The Morgan fingerprint density at radius 2 is 1.73 bits per heavy atom. The van der Waals surface area contributed by atoms with E-state index in [1.54, 1.807) is 25.7 Å². The molecule has 0 saturated carbocycles. The summed E-state index contributed by atoms with van der Waals surface area (Å²) in [6.07, 6.45) is -1.12. The van der Waals surface area contributed by atoms with Gasteiger partial charge in [0.25, 0.3) is 0 Å². The fraction of sp³-hybridized carbons (Fsp3) is 0.786. The van der Waals surface area contributed by atoms with Crippen LogP contribution in [0.1, 0.15) is 27.2 Å². The molecule has 1 aliphatic rings. The summed E-state index contributed by atoms with van der Waals surface area (Å²) >= 11 is 0. The molecule has 1 atom stereocenters. The van der Waals surface area contributed by atoms with Crippen molar-refractivity contribution in [2.75, 3.05) is 33.2 Å². The van der Waals surface area contributed by atoms with Crippen LogP contribution in [0, 0.1) is 0 Å². The number of nitrogens with one attached hydrogen (secondary N) is 1. The van der Waals surface area contributed by atoms with E-state index in [-0.39, 0.29) is 12.3 Å². The Morgan fingerprint density at radius 3 is 2.18 bits per heavy atom. The number of aliphatic carboxylic acids is 1. The van der Waals surface area contributed by atoms with Crippen molar-refractivity contribution in [3.8, 4) is 0 Å². The molecule has 8 nitrogen and oxygen atoms in total. The summed E-state index contributed by atoms with van der Waals surface area (Å²) in [5, 5.41) is 11.4. The van der Waals surface area contributed by atoms with Crippen LogP contribution in [0.2, 0.25) is 0 Å². The second kappa shape index (κ2) is 7.44. The van der Waals surface area contributed by atoms with Crippen molar-refractivity contribution in [2.24, 2.45) is 0 Å². The Balaban J connectivity index is 2.55. The smallest absolute Gasteiger partial charge is 0.408 e. The van der Waals surface area contributed by atoms with Crippen molar-refractivity contribution in [3.63, 3.8) is 0 Å². The largest absolute Gasteiger partial charge is 0.480 e. The zero-order chi connectivity index (χ0) is 16.9. The molecule has 8 heteroatoms. The van der Waals surface area contributed by atoms with Gasteiger partial charge >= 0.3 is 12.1 Å². The molecular formula is C14H25N3O5. The van der Waals surface area contributed by atoms with Gasteiger partial charge in [-0.3, -0.25) is 4.79 Å². The minimum atomic E-state index is -1.29. The van der Waals surface area contributed by atoms with Crippen LogP contribution in [0.4, 0.5) is 4.79 Å². The van der Waals surface area contributed by atoms with Gasteiger partial charge in [0, 0.05) is 26.2 Å². The number of amides is 2. The number of hydrogen-bond donors (Lipinski definition) is 2. The van der Waals surface area contributed by atoms with Gasteiger partial charge in [0.05, 0.1) is 6.42 Å². The highest BCUT2D eigenvalue weighted by Gasteiger charge is 2.29. The third-order valence-corrected chi connectivity index (χ3v) is 3.22. The van der Waals surface area contributed by atoms with Crippen molar-refractivity contribution in [2.45, 2.75) is 38.8 Å². The Kier molecular flexibility index (Phi) is 6.16. The second-order valence-electron chi connectivity index (χ2n) is 6.43. The first kappa shape index (κ1) is 18.2. The first-order valence-electron chi connectivity index (χ1n) is 7.27. The molecule has 2 N–H and O–H groups in total. The van der Waals surface area contributed by atoms with E-state index in [4.69, 9.17) is 9.84 Å². The van der Waals surface area contributed by atoms with Crippen LogP contribution in [0.15, 0.2) is 0 Å². The first-order chi connectivity index (χ1) is 10.1. The molecule has 0 radical (unpaired) electrons. The van der Waals surface area contributed by atoms with Gasteiger partial charge in [-0.25, -0.2) is 9.59 Å². The number of carbonyl (C=O) groups is 3. The number of carboxylic acid groups (broad SMARTS) is 1. The van der Waals surface area contributed by atoms with E-state index in [1.165, 1.54) is 0 Å². The van der Waals surface area contributed by atoms with Crippen LogP contribution in [-0.2, 0) is 14.3 Å². The summed E-state index contributed by atoms with van der Waals surface area (Å²) in [5.74, 6) is -1.54. The maximum atomic E-state index is 12.1. The Bertz CT molecular complexity index is 425. The lowest BCUT2D eigenvalue weighted by Crippen LogP contribution is -2.50. The Hall–Kier alpha value is -1.83. The van der Waals surface area contributed by atoms with E-state index in [9.17, 15) is 14.4 Å². The lowest BCUT2D eigenvalue weighted by atomic mass is 10.1. The average molecular weight is 315 g/mol. The highest BCUT2D eigenvalue weighted by molar-refractivity contribution is 5.87. The number of hydrogen-bond acceptors (Lipinski definition) is 5. The van der Waals surface area contributed by atoms with E-state index < -0.39 is 23.7 Å². The molecule has 1 saturated heterocycles. The van der Waals surface area contributed by atoms with Gasteiger partial charge in [0.2, 0.25) is 5.91 Å². The third kappa shape index (κ3) is 6.30. The fourth-order valence-electron chi connectivity index (χ4n) is 2.01. The van der Waals surface area contributed by atoms with E-state index in [0.29, 0.717) is 13.1 Å². The van der Waals surface area contributed by atoms with Gasteiger partial charge in [0.1, 0.15) is 11.6 Å². The number of piperazine rings is 1. The predicted octanol–water partition coefficient (Wildman–Crippen LogP) is 0.128. The molecule has 0 spiro atoms. The molecular weight excluding hydrogens is 290 g/mol.